The fraction of sp³-hybridized carbons (Fsp3) is 0.408. The van der Waals surface area contributed by atoms with Gasteiger partial charge in [0.25, 0.3) is 0 Å². The molecule has 105 heavy (non-hydrogen) atoms. The van der Waals surface area contributed by atoms with E-state index in [1.807, 2.05) is 65.8 Å². The van der Waals surface area contributed by atoms with Crippen molar-refractivity contribution in [3.63, 3.8) is 0 Å². The SMILES string of the molecule is CCC(C)C(=O)OC(OC)C(C)(C)C.CCC(C)C(=O)OCC1COC(=O)O1.CCC(C)c1ccc(OCCCOc2c(F)c(F)c(S(=O)(=O)[O-])c(F)c2F)cc1.CCC(C)c1ccc(OCCCOc2c(F)c(F)c(S(=O)(=O)[O-])c(F)c2F)cc1.c1ccc([S+](c2ccccc2)c2ccccc2)cc1. The zero-order valence-electron chi connectivity index (χ0n) is 60.3. The van der Waals surface area contributed by atoms with Crippen LogP contribution in [0.25, 0.3) is 0 Å². The van der Waals surface area contributed by atoms with Gasteiger partial charge in [-0.05, 0) is 109 Å². The van der Waals surface area contributed by atoms with Crippen LogP contribution in [0, 0.1) is 63.8 Å². The number of hydrogen-bond donors (Lipinski definition) is 0. The minimum absolute atomic E-state index is 0.0146. The average molecular weight is 1540 g/mol. The van der Waals surface area contributed by atoms with Gasteiger partial charge in [0.1, 0.15) is 54.7 Å². The van der Waals surface area contributed by atoms with E-state index in [1.165, 1.54) is 14.7 Å². The quantitative estimate of drug-likeness (QED) is 0.00617. The minimum atomic E-state index is -5.75. The lowest BCUT2D eigenvalue weighted by Crippen LogP contribution is -2.34. The normalized spacial score (nSPS) is 14.0. The Balaban J connectivity index is 0.000000287. The van der Waals surface area contributed by atoms with E-state index in [0.29, 0.717) is 23.3 Å². The highest BCUT2D eigenvalue weighted by Crippen LogP contribution is 2.36. The predicted octanol–water partition coefficient (Wildman–Crippen LogP) is 17.5. The standard InChI is InChI=1S/2C19H20F4O5S.C18H15S.C11H22O3.C9H14O5/c2*1-3-11(2)12-5-7-13(8-6-12)27-9-4-10-28-18-14(20)16(22)19(29(24,25)26)17(23)15(18)21;1-4-10-16(11-5-1)19(17-12-6-2-7-13-17)18-14-8-3-9-15-18;1-7-8(2)9(12)14-10(13-6)11(3,4)5;1-3-6(2)8(10)12-4-7-5-13-9(11)14-7/h2*5-8,11H,3-4,9-10H2,1-2H3,(H,24,25,26);1-15H;8,10H,7H2,1-6H3;6-7H,3-5H2,1-2H3/q;;+1;;/p-2. The number of carbonyl (C=O) groups is 3. The molecule has 0 saturated carbocycles. The number of cyclic esters (lactones) is 2. The van der Waals surface area contributed by atoms with E-state index in [-0.39, 0.29) is 92.6 Å². The second kappa shape index (κ2) is 43.2. The van der Waals surface area contributed by atoms with Gasteiger partial charge >= 0.3 is 18.1 Å². The second-order valence-corrected chi connectivity index (χ2v) is 29.4. The van der Waals surface area contributed by atoms with E-state index in [1.54, 1.807) is 38.3 Å². The molecule has 1 saturated heterocycles. The Bertz CT molecular complexity index is 3780. The van der Waals surface area contributed by atoms with Gasteiger partial charge in [0, 0.05) is 25.4 Å². The lowest BCUT2D eigenvalue weighted by atomic mass is 9.96. The van der Waals surface area contributed by atoms with Crippen molar-refractivity contribution < 1.29 is 118 Å². The third-order valence-electron chi connectivity index (χ3n) is 15.8. The number of carbonyl (C=O) groups excluding carboxylic acids is 3. The van der Waals surface area contributed by atoms with E-state index in [0.717, 1.165) is 36.8 Å². The van der Waals surface area contributed by atoms with Crippen LogP contribution >= 0.6 is 0 Å². The summed E-state index contributed by atoms with van der Waals surface area (Å²) in [5, 5.41) is 0. The van der Waals surface area contributed by atoms with Gasteiger partial charge in [0.15, 0.2) is 55.6 Å². The molecule has 0 radical (unpaired) electrons. The van der Waals surface area contributed by atoms with E-state index < -0.39 is 107 Å². The molecule has 8 rings (SSSR count). The van der Waals surface area contributed by atoms with Crippen LogP contribution in [0.2, 0.25) is 0 Å². The molecule has 7 aromatic rings. The van der Waals surface area contributed by atoms with Crippen molar-refractivity contribution in [1.29, 1.82) is 0 Å². The van der Waals surface area contributed by atoms with E-state index in [9.17, 15) is 75.4 Å². The lowest BCUT2D eigenvalue weighted by molar-refractivity contribution is -0.199. The second-order valence-electron chi connectivity index (χ2n) is 24.8. The van der Waals surface area contributed by atoms with E-state index >= 15 is 0 Å². The smallest absolute Gasteiger partial charge is 0.508 e. The highest BCUT2D eigenvalue weighted by Gasteiger charge is 2.34. The largest absolute Gasteiger partial charge is 0.744 e. The van der Waals surface area contributed by atoms with Crippen molar-refractivity contribution in [3.8, 4) is 23.0 Å². The van der Waals surface area contributed by atoms with Crippen molar-refractivity contribution in [3.05, 3.63) is 197 Å². The molecule has 1 heterocycles. The first-order chi connectivity index (χ1) is 49.6. The molecular weight excluding hydrogens is 1450 g/mol. The molecule has 0 amide bonds. The van der Waals surface area contributed by atoms with Crippen molar-refractivity contribution in [2.75, 3.05) is 46.8 Å². The minimum Gasteiger partial charge on any atom is -0.744 e. The Morgan fingerprint density at radius 1 is 0.505 bits per heavy atom. The van der Waals surface area contributed by atoms with Gasteiger partial charge < -0.3 is 51.7 Å². The summed E-state index contributed by atoms with van der Waals surface area (Å²) in [4.78, 5) is 32.8. The molecule has 1 aliphatic rings. The van der Waals surface area contributed by atoms with E-state index in [4.69, 9.17) is 33.2 Å². The molecule has 7 aromatic carbocycles. The number of hydrogen-bond acceptors (Lipinski definition) is 18. The Morgan fingerprint density at radius 3 is 1.12 bits per heavy atom. The first-order valence-corrected chi connectivity index (χ1v) is 37.6. The molecule has 0 aliphatic carbocycles. The average Bonchev–Trinajstić information content (AvgIpc) is 1.18. The van der Waals surface area contributed by atoms with Crippen LogP contribution < -0.4 is 18.9 Å². The molecule has 0 aromatic heterocycles. The maximum atomic E-state index is 13.8. The van der Waals surface area contributed by atoms with Crippen molar-refractivity contribution >= 4 is 49.2 Å². The van der Waals surface area contributed by atoms with Gasteiger partial charge in [-0.3, -0.25) is 9.59 Å². The zero-order valence-corrected chi connectivity index (χ0v) is 62.8. The van der Waals surface area contributed by atoms with Gasteiger partial charge in [0.05, 0.1) is 49.2 Å². The van der Waals surface area contributed by atoms with Gasteiger partial charge in [-0.2, -0.15) is 17.6 Å². The molecule has 0 bridgehead atoms. The van der Waals surface area contributed by atoms with Gasteiger partial charge in [0.2, 0.25) is 29.6 Å². The summed E-state index contributed by atoms with van der Waals surface area (Å²) in [5.41, 5.74) is 2.13. The summed E-state index contributed by atoms with van der Waals surface area (Å²) in [6.07, 6.45) is 2.11. The molecule has 576 valence electrons. The van der Waals surface area contributed by atoms with Crippen molar-refractivity contribution in [1.82, 2.24) is 0 Å². The third kappa shape index (κ3) is 27.7. The van der Waals surface area contributed by atoms with Crippen LogP contribution in [0.3, 0.4) is 0 Å². The fourth-order valence-electron chi connectivity index (χ4n) is 8.95. The Kier molecular flexibility index (Phi) is 36.6. The van der Waals surface area contributed by atoms with Gasteiger partial charge in [-0.15, -0.1) is 0 Å². The predicted molar refractivity (Wildman–Crippen MR) is 374 cm³/mol. The first kappa shape index (κ1) is 88.9. The van der Waals surface area contributed by atoms with Crippen LogP contribution in [0.5, 0.6) is 23.0 Å². The van der Waals surface area contributed by atoms with Crippen LogP contribution in [-0.2, 0) is 64.4 Å². The molecular formula is C76H89F8O18S3-. The van der Waals surface area contributed by atoms with Gasteiger partial charge in [-0.1, -0.05) is 155 Å². The first-order valence-electron chi connectivity index (χ1n) is 33.5. The Labute approximate surface area is 611 Å². The van der Waals surface area contributed by atoms with Crippen LogP contribution in [0.1, 0.15) is 138 Å². The van der Waals surface area contributed by atoms with E-state index in [2.05, 4.69) is 128 Å². The molecule has 6 atom stereocenters. The van der Waals surface area contributed by atoms with Crippen LogP contribution in [0.15, 0.2) is 164 Å². The molecule has 0 N–H and O–H groups in total. The summed E-state index contributed by atoms with van der Waals surface area (Å²) in [6.45, 7) is 21.5. The Morgan fingerprint density at radius 2 is 0.838 bits per heavy atom. The number of rotatable bonds is 29. The lowest BCUT2D eigenvalue weighted by Gasteiger charge is -2.29. The summed E-state index contributed by atoms with van der Waals surface area (Å²) >= 11 is 0. The summed E-state index contributed by atoms with van der Waals surface area (Å²) in [7, 11) is -9.96. The molecule has 0 spiro atoms. The van der Waals surface area contributed by atoms with Crippen molar-refractivity contribution in [2.24, 2.45) is 17.3 Å². The molecule has 1 fully saturated rings. The molecule has 29 heteroatoms. The summed E-state index contributed by atoms with van der Waals surface area (Å²) in [6, 6.07) is 46.9. The molecule has 1 aliphatic heterocycles. The molecule has 6 unspecified atom stereocenters. The monoisotopic (exact) mass is 1540 g/mol. The Hall–Kier alpha value is -8.48. The van der Waals surface area contributed by atoms with Crippen LogP contribution in [-0.4, -0.2) is 103 Å². The highest BCUT2D eigenvalue weighted by atomic mass is 32.2. The number of halogens is 8. The number of ether oxygens (including phenoxy) is 9. The summed E-state index contributed by atoms with van der Waals surface area (Å²) in [5.74, 6) is -19.3. The molecule has 18 nitrogen and oxygen atoms in total. The highest BCUT2D eigenvalue weighted by molar-refractivity contribution is 7.97. The maximum Gasteiger partial charge on any atom is 0.508 e. The van der Waals surface area contributed by atoms with Gasteiger partial charge in [-0.25, -0.2) is 39.2 Å². The maximum absolute atomic E-state index is 13.8. The van der Waals surface area contributed by atoms with Crippen LogP contribution in [0.4, 0.5) is 39.9 Å². The third-order valence-corrected chi connectivity index (χ3v) is 19.7. The topological polar surface area (TPSA) is 249 Å². The van der Waals surface area contributed by atoms with Crippen molar-refractivity contribution in [2.45, 2.75) is 163 Å². The number of esters is 2. The summed E-state index contributed by atoms with van der Waals surface area (Å²) < 4.78 is 219. The zero-order chi connectivity index (χ0) is 78.4. The number of methoxy groups -OCH3 is 1. The fourth-order valence-corrected chi connectivity index (χ4v) is 12.3. The number of benzene rings is 7.